The summed E-state index contributed by atoms with van der Waals surface area (Å²) in [4.78, 5) is 25.8. The van der Waals surface area contributed by atoms with Gasteiger partial charge in [-0.25, -0.2) is 9.18 Å². The molecule has 1 aliphatic heterocycles. The fraction of sp³-hybridized carbons (Fsp3) is 0.529. The molecule has 1 saturated heterocycles. The number of alkyl carbamates (subject to hydrolysis) is 1. The quantitative estimate of drug-likeness (QED) is 0.846. The van der Waals surface area contributed by atoms with E-state index in [0.29, 0.717) is 29.5 Å². The Balaban J connectivity index is 1.87. The van der Waals surface area contributed by atoms with E-state index >= 15 is 0 Å². The number of amides is 2. The SMILES string of the molecule is CC(C)(C)OC(=O)N[C@H]1CCN(C(=O)Cc2cc(F)ccc2Br)C1. The highest BCUT2D eigenvalue weighted by Crippen LogP contribution is 2.20. The Morgan fingerprint density at radius 2 is 2.12 bits per heavy atom. The van der Waals surface area contributed by atoms with Crippen molar-refractivity contribution in [2.75, 3.05) is 13.1 Å². The van der Waals surface area contributed by atoms with Crippen molar-refractivity contribution in [3.05, 3.63) is 34.1 Å². The number of nitrogens with one attached hydrogen (secondary N) is 1. The Labute approximate surface area is 149 Å². The van der Waals surface area contributed by atoms with Gasteiger partial charge in [-0.05, 0) is 51.0 Å². The molecule has 0 radical (unpaired) electrons. The number of nitrogens with zero attached hydrogens (tertiary/aromatic N) is 1. The van der Waals surface area contributed by atoms with Crippen molar-refractivity contribution in [1.82, 2.24) is 10.2 Å². The number of carbonyl (C=O) groups excluding carboxylic acids is 2. The lowest BCUT2D eigenvalue weighted by molar-refractivity contribution is -0.129. The molecule has 24 heavy (non-hydrogen) atoms. The predicted molar refractivity (Wildman–Crippen MR) is 92.2 cm³/mol. The number of rotatable bonds is 3. The molecule has 1 aliphatic rings. The summed E-state index contributed by atoms with van der Waals surface area (Å²) in [6.45, 7) is 6.40. The molecule has 1 aromatic rings. The zero-order chi connectivity index (χ0) is 17.9. The smallest absolute Gasteiger partial charge is 0.407 e. The second kappa shape index (κ2) is 7.51. The van der Waals surface area contributed by atoms with Crippen LogP contribution in [-0.2, 0) is 16.0 Å². The fourth-order valence-corrected chi connectivity index (χ4v) is 2.92. The molecule has 0 spiro atoms. The molecule has 2 rings (SSSR count). The first-order valence-electron chi connectivity index (χ1n) is 7.85. The maximum atomic E-state index is 13.3. The lowest BCUT2D eigenvalue weighted by Crippen LogP contribution is -2.41. The van der Waals surface area contributed by atoms with Gasteiger partial charge in [-0.15, -0.1) is 0 Å². The van der Waals surface area contributed by atoms with Gasteiger partial charge in [0.2, 0.25) is 5.91 Å². The van der Waals surface area contributed by atoms with Gasteiger partial charge in [0.1, 0.15) is 11.4 Å². The van der Waals surface area contributed by atoms with Crippen molar-refractivity contribution < 1.29 is 18.7 Å². The van der Waals surface area contributed by atoms with Crippen molar-refractivity contribution in [2.45, 2.75) is 45.3 Å². The zero-order valence-corrected chi connectivity index (χ0v) is 15.7. The molecule has 0 saturated carbocycles. The van der Waals surface area contributed by atoms with Crippen LogP contribution in [0.3, 0.4) is 0 Å². The highest BCUT2D eigenvalue weighted by Gasteiger charge is 2.29. The average molecular weight is 401 g/mol. The lowest BCUT2D eigenvalue weighted by Gasteiger charge is -2.22. The first-order chi connectivity index (χ1) is 11.1. The lowest BCUT2D eigenvalue weighted by atomic mass is 10.1. The van der Waals surface area contributed by atoms with Crippen LogP contribution < -0.4 is 5.32 Å². The summed E-state index contributed by atoms with van der Waals surface area (Å²) in [5, 5.41) is 2.78. The topological polar surface area (TPSA) is 58.6 Å². The highest BCUT2D eigenvalue weighted by atomic mass is 79.9. The van der Waals surface area contributed by atoms with E-state index in [1.54, 1.807) is 31.7 Å². The molecule has 5 nitrogen and oxygen atoms in total. The molecule has 0 bridgehead atoms. The maximum absolute atomic E-state index is 13.3. The van der Waals surface area contributed by atoms with Crippen LogP contribution in [0.5, 0.6) is 0 Å². The molecule has 1 N–H and O–H groups in total. The van der Waals surface area contributed by atoms with E-state index in [1.807, 2.05) is 0 Å². The van der Waals surface area contributed by atoms with Gasteiger partial charge in [0.25, 0.3) is 0 Å². The van der Waals surface area contributed by atoms with Crippen LogP contribution in [0.1, 0.15) is 32.8 Å². The highest BCUT2D eigenvalue weighted by molar-refractivity contribution is 9.10. The van der Waals surface area contributed by atoms with E-state index in [4.69, 9.17) is 4.74 Å². The normalized spacial score (nSPS) is 17.7. The molecule has 1 aromatic carbocycles. The Morgan fingerprint density at radius 3 is 2.79 bits per heavy atom. The summed E-state index contributed by atoms with van der Waals surface area (Å²) in [6, 6.07) is 4.16. The van der Waals surface area contributed by atoms with Gasteiger partial charge in [0, 0.05) is 17.6 Å². The first kappa shape index (κ1) is 18.7. The van der Waals surface area contributed by atoms with Crippen molar-refractivity contribution in [1.29, 1.82) is 0 Å². The summed E-state index contributed by atoms with van der Waals surface area (Å²) in [6.07, 6.45) is 0.321. The third-order valence-corrected chi connectivity index (χ3v) is 4.38. The maximum Gasteiger partial charge on any atom is 0.407 e. The number of ether oxygens (including phenoxy) is 1. The number of hydrogen-bond acceptors (Lipinski definition) is 3. The van der Waals surface area contributed by atoms with Crippen LogP contribution in [-0.4, -0.2) is 41.6 Å². The zero-order valence-electron chi connectivity index (χ0n) is 14.1. The summed E-state index contributed by atoms with van der Waals surface area (Å²) >= 11 is 3.33. The number of carbonyl (C=O) groups is 2. The van der Waals surface area contributed by atoms with E-state index in [2.05, 4.69) is 21.2 Å². The molecular weight excluding hydrogens is 379 g/mol. The van der Waals surface area contributed by atoms with Gasteiger partial charge in [-0.1, -0.05) is 15.9 Å². The third-order valence-electron chi connectivity index (χ3n) is 3.61. The van der Waals surface area contributed by atoms with Crippen LogP contribution in [0.4, 0.5) is 9.18 Å². The minimum atomic E-state index is -0.554. The second-order valence-electron chi connectivity index (χ2n) is 6.88. The van der Waals surface area contributed by atoms with Gasteiger partial charge in [-0.2, -0.15) is 0 Å². The molecule has 1 heterocycles. The third kappa shape index (κ3) is 5.47. The van der Waals surface area contributed by atoms with E-state index < -0.39 is 11.7 Å². The molecule has 1 atom stereocenters. The summed E-state index contributed by atoms with van der Waals surface area (Å²) < 4.78 is 19.2. The van der Waals surface area contributed by atoms with Crippen LogP contribution in [0, 0.1) is 5.82 Å². The van der Waals surface area contributed by atoms with E-state index in [0.717, 1.165) is 0 Å². The van der Waals surface area contributed by atoms with E-state index in [1.165, 1.54) is 12.1 Å². The molecule has 0 aliphatic carbocycles. The summed E-state index contributed by atoms with van der Waals surface area (Å²) in [5.74, 6) is -0.457. The monoisotopic (exact) mass is 400 g/mol. The average Bonchev–Trinajstić information content (AvgIpc) is 2.89. The van der Waals surface area contributed by atoms with Gasteiger partial charge in [0.05, 0.1) is 12.5 Å². The van der Waals surface area contributed by atoms with Gasteiger partial charge in [-0.3, -0.25) is 4.79 Å². The fourth-order valence-electron chi connectivity index (χ4n) is 2.53. The van der Waals surface area contributed by atoms with Crippen LogP contribution >= 0.6 is 15.9 Å². The van der Waals surface area contributed by atoms with Gasteiger partial charge >= 0.3 is 6.09 Å². The molecule has 0 unspecified atom stereocenters. The summed E-state index contributed by atoms with van der Waals surface area (Å²) in [7, 11) is 0. The van der Waals surface area contributed by atoms with Crippen molar-refractivity contribution >= 4 is 27.9 Å². The van der Waals surface area contributed by atoms with E-state index in [-0.39, 0.29) is 24.2 Å². The second-order valence-corrected chi connectivity index (χ2v) is 7.74. The summed E-state index contributed by atoms with van der Waals surface area (Å²) in [5.41, 5.74) is 0.0607. The molecular formula is C17H22BrFN2O3. The standard InChI is InChI=1S/C17H22BrFN2O3/c1-17(2,3)24-16(23)20-13-6-7-21(10-13)15(22)9-11-8-12(19)4-5-14(11)18/h4-5,8,13H,6-7,9-10H2,1-3H3,(H,20,23)/t13-/m0/s1. The molecule has 132 valence electrons. The van der Waals surface area contributed by atoms with Gasteiger partial charge < -0.3 is 15.0 Å². The Bertz CT molecular complexity index is 631. The van der Waals surface area contributed by atoms with Crippen LogP contribution in [0.15, 0.2) is 22.7 Å². The Kier molecular flexibility index (Phi) is 5.85. The van der Waals surface area contributed by atoms with E-state index in [9.17, 15) is 14.0 Å². The van der Waals surface area contributed by atoms with Crippen molar-refractivity contribution in [3.63, 3.8) is 0 Å². The number of benzene rings is 1. The molecule has 0 aromatic heterocycles. The van der Waals surface area contributed by atoms with Crippen molar-refractivity contribution in [3.8, 4) is 0 Å². The van der Waals surface area contributed by atoms with Crippen LogP contribution in [0.2, 0.25) is 0 Å². The van der Waals surface area contributed by atoms with Crippen LogP contribution in [0.25, 0.3) is 0 Å². The Hall–Kier alpha value is -1.63. The minimum absolute atomic E-state index is 0.0882. The largest absolute Gasteiger partial charge is 0.444 e. The molecule has 2 amide bonds. The number of halogens is 2. The first-order valence-corrected chi connectivity index (χ1v) is 8.64. The van der Waals surface area contributed by atoms with Gasteiger partial charge in [0.15, 0.2) is 0 Å². The molecule has 7 heteroatoms. The predicted octanol–water partition coefficient (Wildman–Crippen LogP) is 3.26. The van der Waals surface area contributed by atoms with Crippen molar-refractivity contribution in [2.24, 2.45) is 0 Å². The number of hydrogen-bond donors (Lipinski definition) is 1. The minimum Gasteiger partial charge on any atom is -0.444 e. The Morgan fingerprint density at radius 1 is 1.42 bits per heavy atom. The molecule has 1 fully saturated rings. The number of likely N-dealkylation sites (tertiary alicyclic amines) is 1.